The molecule has 2 aromatic heterocycles. The zero-order valence-electron chi connectivity index (χ0n) is 16.1. The topological polar surface area (TPSA) is 71.2 Å². The second-order valence-corrected chi connectivity index (χ2v) is 7.02. The fourth-order valence-corrected chi connectivity index (χ4v) is 3.17. The van der Waals surface area contributed by atoms with Crippen LogP contribution in [-0.2, 0) is 13.6 Å². The summed E-state index contributed by atoms with van der Waals surface area (Å²) in [4.78, 5) is 21.2. The summed E-state index contributed by atoms with van der Waals surface area (Å²) in [5.41, 5.74) is 0.917. The molecule has 1 fully saturated rings. The lowest BCUT2D eigenvalue weighted by Crippen LogP contribution is -2.50. The Hall–Kier alpha value is -2.35. The number of aryl methyl sites for hydroxylation is 2. The fourth-order valence-electron chi connectivity index (χ4n) is 3.17. The number of piperazine rings is 1. The molecule has 0 saturated carbocycles. The quantitative estimate of drug-likeness (QED) is 0.889. The van der Waals surface area contributed by atoms with Gasteiger partial charge in [0.1, 0.15) is 11.6 Å². The minimum atomic E-state index is -0.0499. The second kappa shape index (κ2) is 7.90. The van der Waals surface area contributed by atoms with E-state index in [9.17, 15) is 4.79 Å². The first kappa shape index (κ1) is 18.4. The number of rotatable bonds is 5. The molecule has 26 heavy (non-hydrogen) atoms. The Labute approximate surface area is 154 Å². The first-order valence-electron chi connectivity index (χ1n) is 9.28. The molecular formula is C18H29N7O. The van der Waals surface area contributed by atoms with Crippen molar-refractivity contribution in [2.75, 3.05) is 31.5 Å². The van der Waals surface area contributed by atoms with Gasteiger partial charge in [0.25, 0.3) is 0 Å². The molecule has 1 aliphatic heterocycles. The van der Waals surface area contributed by atoms with Gasteiger partial charge >= 0.3 is 6.03 Å². The summed E-state index contributed by atoms with van der Waals surface area (Å²) in [6, 6.07) is 2.14. The predicted octanol–water partition coefficient (Wildman–Crippen LogP) is 2.25. The molecule has 8 heteroatoms. The number of aromatic nitrogens is 4. The van der Waals surface area contributed by atoms with Crippen molar-refractivity contribution in [1.82, 2.24) is 29.1 Å². The van der Waals surface area contributed by atoms with Gasteiger partial charge in [0, 0.05) is 51.7 Å². The average Bonchev–Trinajstić information content (AvgIpc) is 3.20. The van der Waals surface area contributed by atoms with E-state index in [2.05, 4.69) is 34.1 Å². The third-order valence-corrected chi connectivity index (χ3v) is 5.05. The minimum Gasteiger partial charge on any atom is -0.337 e. The molecule has 1 saturated heterocycles. The van der Waals surface area contributed by atoms with Gasteiger partial charge in [0.2, 0.25) is 0 Å². The molecular weight excluding hydrogens is 330 g/mol. The van der Waals surface area contributed by atoms with Crippen LogP contribution in [0.25, 0.3) is 0 Å². The highest BCUT2D eigenvalue weighted by atomic mass is 16.2. The minimum absolute atomic E-state index is 0.0499. The number of anilines is 1. The highest BCUT2D eigenvalue weighted by molar-refractivity contribution is 5.88. The summed E-state index contributed by atoms with van der Waals surface area (Å²) in [6.45, 7) is 10.1. The maximum absolute atomic E-state index is 12.7. The van der Waals surface area contributed by atoms with E-state index < -0.39 is 0 Å². The molecule has 8 nitrogen and oxygen atoms in total. The Kier molecular flexibility index (Phi) is 5.61. The standard InChI is InChI=1S/C18H29N7O/c1-5-15(3)25-16(12-14(2)21-25)20-18(26)24-10-8-23(9-11-24)13-17-19-6-7-22(17)4/h6-7,12,15H,5,8-11,13H2,1-4H3,(H,20,26)/t15-/m0/s1. The van der Waals surface area contributed by atoms with E-state index >= 15 is 0 Å². The van der Waals surface area contributed by atoms with Gasteiger partial charge in [-0.25, -0.2) is 14.5 Å². The number of nitrogens with zero attached hydrogens (tertiary/aromatic N) is 6. The van der Waals surface area contributed by atoms with Gasteiger partial charge in [-0.05, 0) is 20.3 Å². The third-order valence-electron chi connectivity index (χ3n) is 5.05. The zero-order valence-corrected chi connectivity index (χ0v) is 16.1. The molecule has 2 amide bonds. The van der Waals surface area contributed by atoms with Crippen LogP contribution < -0.4 is 5.32 Å². The zero-order chi connectivity index (χ0) is 18.7. The summed E-state index contributed by atoms with van der Waals surface area (Å²) >= 11 is 0. The number of hydrogen-bond acceptors (Lipinski definition) is 4. The van der Waals surface area contributed by atoms with Crippen molar-refractivity contribution in [2.45, 2.75) is 39.8 Å². The molecule has 0 aliphatic carbocycles. The Balaban J connectivity index is 1.55. The van der Waals surface area contributed by atoms with Gasteiger partial charge < -0.3 is 9.47 Å². The molecule has 0 unspecified atom stereocenters. The Bertz CT molecular complexity index is 743. The monoisotopic (exact) mass is 359 g/mol. The van der Waals surface area contributed by atoms with Crippen LogP contribution in [-0.4, -0.2) is 61.3 Å². The Morgan fingerprint density at radius 1 is 1.31 bits per heavy atom. The summed E-state index contributed by atoms with van der Waals surface area (Å²) in [5.74, 6) is 1.83. The highest BCUT2D eigenvalue weighted by Crippen LogP contribution is 2.19. The van der Waals surface area contributed by atoms with Crippen molar-refractivity contribution < 1.29 is 4.79 Å². The van der Waals surface area contributed by atoms with E-state index in [1.807, 2.05) is 46.6 Å². The van der Waals surface area contributed by atoms with E-state index in [-0.39, 0.29) is 12.1 Å². The number of amides is 2. The number of hydrogen-bond donors (Lipinski definition) is 1. The summed E-state index contributed by atoms with van der Waals surface area (Å²) < 4.78 is 3.95. The maximum Gasteiger partial charge on any atom is 0.323 e. The summed E-state index contributed by atoms with van der Waals surface area (Å²) in [6.07, 6.45) is 4.75. The van der Waals surface area contributed by atoms with Gasteiger partial charge in [-0.15, -0.1) is 0 Å². The van der Waals surface area contributed by atoms with Crippen LogP contribution in [0, 0.1) is 6.92 Å². The molecule has 2 aromatic rings. The van der Waals surface area contributed by atoms with E-state index in [4.69, 9.17) is 0 Å². The fraction of sp³-hybridized carbons (Fsp3) is 0.611. The van der Waals surface area contributed by atoms with Crippen LogP contribution in [0.15, 0.2) is 18.5 Å². The van der Waals surface area contributed by atoms with Crippen LogP contribution in [0.2, 0.25) is 0 Å². The Morgan fingerprint density at radius 2 is 2.04 bits per heavy atom. The molecule has 3 heterocycles. The van der Waals surface area contributed by atoms with Crippen LogP contribution >= 0.6 is 0 Å². The van der Waals surface area contributed by atoms with Crippen molar-refractivity contribution in [3.63, 3.8) is 0 Å². The molecule has 1 aliphatic rings. The van der Waals surface area contributed by atoms with Crippen LogP contribution in [0.3, 0.4) is 0 Å². The van der Waals surface area contributed by atoms with Crippen LogP contribution in [0.5, 0.6) is 0 Å². The summed E-state index contributed by atoms with van der Waals surface area (Å²) in [7, 11) is 2.01. The average molecular weight is 359 g/mol. The largest absolute Gasteiger partial charge is 0.337 e. The lowest BCUT2D eigenvalue weighted by Gasteiger charge is -2.34. The molecule has 0 aromatic carbocycles. The maximum atomic E-state index is 12.7. The molecule has 142 valence electrons. The number of carbonyl (C=O) groups excluding carboxylic acids is 1. The lowest BCUT2D eigenvalue weighted by atomic mass is 10.3. The molecule has 1 atom stereocenters. The SMILES string of the molecule is CC[C@H](C)n1nc(C)cc1NC(=O)N1CCN(Cc2nccn2C)CC1. The molecule has 0 radical (unpaired) electrons. The lowest BCUT2D eigenvalue weighted by molar-refractivity contribution is 0.140. The summed E-state index contributed by atoms with van der Waals surface area (Å²) in [5, 5.41) is 7.55. The van der Waals surface area contributed by atoms with Crippen LogP contribution in [0.1, 0.15) is 37.8 Å². The van der Waals surface area contributed by atoms with Crippen molar-refractivity contribution in [3.8, 4) is 0 Å². The van der Waals surface area contributed by atoms with Crippen molar-refractivity contribution >= 4 is 11.8 Å². The molecule has 3 rings (SSSR count). The van der Waals surface area contributed by atoms with Crippen molar-refractivity contribution in [3.05, 3.63) is 30.0 Å². The number of imidazole rings is 1. The van der Waals surface area contributed by atoms with E-state index in [1.54, 1.807) is 0 Å². The normalized spacial score (nSPS) is 16.7. The highest BCUT2D eigenvalue weighted by Gasteiger charge is 2.23. The van der Waals surface area contributed by atoms with Gasteiger partial charge in [-0.1, -0.05) is 6.92 Å². The van der Waals surface area contributed by atoms with Crippen molar-refractivity contribution in [2.24, 2.45) is 7.05 Å². The van der Waals surface area contributed by atoms with Gasteiger partial charge in [0.05, 0.1) is 18.3 Å². The smallest absolute Gasteiger partial charge is 0.323 e. The van der Waals surface area contributed by atoms with Gasteiger partial charge in [0.15, 0.2) is 0 Å². The van der Waals surface area contributed by atoms with E-state index in [0.29, 0.717) is 13.1 Å². The number of nitrogens with one attached hydrogen (secondary N) is 1. The molecule has 0 spiro atoms. The van der Waals surface area contributed by atoms with E-state index in [1.165, 1.54) is 0 Å². The number of urea groups is 1. The van der Waals surface area contributed by atoms with E-state index in [0.717, 1.165) is 43.4 Å². The van der Waals surface area contributed by atoms with Crippen molar-refractivity contribution in [1.29, 1.82) is 0 Å². The number of carbonyl (C=O) groups is 1. The second-order valence-electron chi connectivity index (χ2n) is 7.02. The van der Waals surface area contributed by atoms with Crippen LogP contribution in [0.4, 0.5) is 10.6 Å². The van der Waals surface area contributed by atoms with Gasteiger partial charge in [-0.2, -0.15) is 5.10 Å². The first-order valence-corrected chi connectivity index (χ1v) is 9.28. The molecule has 0 bridgehead atoms. The Morgan fingerprint density at radius 3 is 2.65 bits per heavy atom. The molecule has 1 N–H and O–H groups in total. The van der Waals surface area contributed by atoms with Gasteiger partial charge in [-0.3, -0.25) is 10.2 Å². The third kappa shape index (κ3) is 4.07. The predicted molar refractivity (Wildman–Crippen MR) is 101 cm³/mol. The first-order chi connectivity index (χ1) is 12.5.